The average Bonchev–Trinajstić information content (AvgIpc) is 2.63. The summed E-state index contributed by atoms with van der Waals surface area (Å²) in [5.74, 6) is -1.37. The van der Waals surface area contributed by atoms with Crippen molar-refractivity contribution in [1.82, 2.24) is 0 Å². The van der Waals surface area contributed by atoms with Crippen LogP contribution in [0.3, 0.4) is 0 Å². The zero-order chi connectivity index (χ0) is 14.3. The predicted octanol–water partition coefficient (Wildman–Crippen LogP) is 1.91. The molecule has 0 amide bonds. The van der Waals surface area contributed by atoms with Gasteiger partial charge in [0, 0.05) is 11.8 Å². The van der Waals surface area contributed by atoms with E-state index in [0.717, 1.165) is 19.3 Å². The predicted molar refractivity (Wildman–Crippen MR) is 68.7 cm³/mol. The summed E-state index contributed by atoms with van der Waals surface area (Å²) in [6.07, 6.45) is 6.74. The van der Waals surface area contributed by atoms with Crippen molar-refractivity contribution in [3.8, 4) is 0 Å². The molecule has 8 fully saturated rings. The SMILES string of the molecule is O=P12OC3(CC(O)(C45CC6CC(CC(C6)C4)C5)C3(O)O1)O2. The van der Waals surface area contributed by atoms with Gasteiger partial charge in [-0.05, 0) is 56.3 Å². The van der Waals surface area contributed by atoms with Crippen molar-refractivity contribution in [3.63, 3.8) is 0 Å². The van der Waals surface area contributed by atoms with Crippen LogP contribution in [-0.4, -0.2) is 27.4 Å². The molecule has 0 aromatic rings. The lowest BCUT2D eigenvalue weighted by Gasteiger charge is -2.69. The molecule has 6 bridgehead atoms. The molecule has 2 unspecified atom stereocenters. The van der Waals surface area contributed by atoms with Crippen LogP contribution in [-0.2, 0) is 18.1 Å². The van der Waals surface area contributed by atoms with Crippen LogP contribution in [0.4, 0.5) is 0 Å². The van der Waals surface area contributed by atoms with E-state index in [2.05, 4.69) is 0 Å². The van der Waals surface area contributed by atoms with Gasteiger partial charge in [-0.15, -0.1) is 0 Å². The lowest BCUT2D eigenvalue weighted by Crippen LogP contribution is -2.84. The van der Waals surface area contributed by atoms with Gasteiger partial charge in [-0.1, -0.05) is 0 Å². The largest absolute Gasteiger partial charge is 0.483 e. The third-order valence-corrected chi connectivity index (χ3v) is 8.77. The maximum absolute atomic E-state index is 11.9. The maximum atomic E-state index is 11.9. The summed E-state index contributed by atoms with van der Waals surface area (Å²) in [7, 11) is -3.61. The first-order valence-corrected chi connectivity index (χ1v) is 9.44. The molecule has 5 saturated carbocycles. The van der Waals surface area contributed by atoms with Gasteiger partial charge in [-0.3, -0.25) is 0 Å². The fraction of sp³-hybridized carbons (Fsp3) is 1.00. The highest BCUT2D eigenvalue weighted by molar-refractivity contribution is 7.50. The molecule has 21 heavy (non-hydrogen) atoms. The summed E-state index contributed by atoms with van der Waals surface area (Å²) >= 11 is 0. The van der Waals surface area contributed by atoms with E-state index in [9.17, 15) is 14.8 Å². The summed E-state index contributed by atoms with van der Waals surface area (Å²) in [6, 6.07) is 0. The Balaban J connectivity index is 1.46. The fourth-order valence-electron chi connectivity index (χ4n) is 6.85. The lowest BCUT2D eigenvalue weighted by atomic mass is 9.40. The van der Waals surface area contributed by atoms with Crippen LogP contribution in [0.25, 0.3) is 0 Å². The molecule has 7 heteroatoms. The van der Waals surface area contributed by atoms with Crippen LogP contribution in [0.15, 0.2) is 0 Å². The van der Waals surface area contributed by atoms with Crippen LogP contribution < -0.4 is 0 Å². The van der Waals surface area contributed by atoms with Gasteiger partial charge in [-0.2, -0.15) is 0 Å². The monoisotopic (exact) mass is 314 g/mol. The molecule has 0 aromatic carbocycles. The van der Waals surface area contributed by atoms with Crippen LogP contribution in [0.5, 0.6) is 0 Å². The molecular weight excluding hydrogens is 295 g/mol. The number of aliphatic hydroxyl groups is 2. The molecule has 6 nitrogen and oxygen atoms in total. The molecule has 0 aromatic heterocycles. The Bertz CT molecular complexity index is 573. The van der Waals surface area contributed by atoms with E-state index in [-0.39, 0.29) is 11.8 Å². The minimum absolute atomic E-state index is 0.173. The molecule has 8 aliphatic rings. The van der Waals surface area contributed by atoms with Crippen molar-refractivity contribution >= 4 is 7.82 Å². The average molecular weight is 314 g/mol. The Labute approximate surface area is 122 Å². The Kier molecular flexibility index (Phi) is 1.79. The smallest absolute Gasteiger partial charge is 0.383 e. The van der Waals surface area contributed by atoms with Gasteiger partial charge in [0.2, 0.25) is 0 Å². The maximum Gasteiger partial charge on any atom is 0.483 e. The second kappa shape index (κ2) is 3.02. The highest BCUT2D eigenvalue weighted by Gasteiger charge is 2.96. The minimum atomic E-state index is -3.61. The standard InChI is InChI=1S/C14H19O6P/c15-12(7-13-14(12,16)20-21(17,18-13)19-13)11-4-8-1-9(5-11)3-10(2-8)6-11/h8-10,15-16H,1-7H2. The van der Waals surface area contributed by atoms with Gasteiger partial charge in [0.05, 0.1) is 0 Å². The molecule has 0 radical (unpaired) electrons. The number of hydrogen-bond acceptors (Lipinski definition) is 6. The molecule has 5 aliphatic carbocycles. The van der Waals surface area contributed by atoms with E-state index >= 15 is 0 Å². The summed E-state index contributed by atoms with van der Waals surface area (Å²) in [5, 5.41) is 22.3. The zero-order valence-corrected chi connectivity index (χ0v) is 12.6. The zero-order valence-electron chi connectivity index (χ0n) is 11.7. The summed E-state index contributed by atoms with van der Waals surface area (Å²) in [6.45, 7) is 0. The molecule has 116 valence electrons. The summed E-state index contributed by atoms with van der Waals surface area (Å²) < 4.78 is 27.5. The first-order chi connectivity index (χ1) is 9.81. The molecule has 3 heterocycles. The van der Waals surface area contributed by atoms with E-state index in [1.807, 2.05) is 0 Å². The Hall–Kier alpha value is 0.0300. The molecule has 3 saturated heterocycles. The van der Waals surface area contributed by atoms with E-state index in [1.165, 1.54) is 19.3 Å². The molecule has 8 rings (SSSR count). The topological polar surface area (TPSA) is 85.2 Å². The van der Waals surface area contributed by atoms with Crippen molar-refractivity contribution in [2.24, 2.45) is 23.2 Å². The molecule has 1 spiro atoms. The lowest BCUT2D eigenvalue weighted by molar-refractivity contribution is -0.459. The van der Waals surface area contributed by atoms with Crippen LogP contribution in [0, 0.1) is 23.2 Å². The van der Waals surface area contributed by atoms with Gasteiger partial charge in [0.1, 0.15) is 5.60 Å². The highest BCUT2D eigenvalue weighted by Crippen LogP contribution is 2.88. The van der Waals surface area contributed by atoms with Crippen molar-refractivity contribution in [3.05, 3.63) is 0 Å². The van der Waals surface area contributed by atoms with Crippen LogP contribution in [0.1, 0.15) is 44.9 Å². The minimum Gasteiger partial charge on any atom is -0.383 e. The van der Waals surface area contributed by atoms with Crippen LogP contribution >= 0.6 is 7.82 Å². The van der Waals surface area contributed by atoms with Gasteiger partial charge in [0.15, 0.2) is 0 Å². The molecule has 3 aliphatic heterocycles. The Morgan fingerprint density at radius 1 is 0.905 bits per heavy atom. The van der Waals surface area contributed by atoms with E-state index < -0.39 is 25.0 Å². The third kappa shape index (κ3) is 1.07. The number of rotatable bonds is 1. The van der Waals surface area contributed by atoms with E-state index in [1.54, 1.807) is 0 Å². The quantitative estimate of drug-likeness (QED) is 0.719. The third-order valence-electron chi connectivity index (χ3n) is 7.24. The van der Waals surface area contributed by atoms with Crippen molar-refractivity contribution < 1.29 is 28.3 Å². The van der Waals surface area contributed by atoms with E-state index in [4.69, 9.17) is 13.6 Å². The Morgan fingerprint density at radius 2 is 1.43 bits per heavy atom. The summed E-state index contributed by atoms with van der Waals surface area (Å²) in [4.78, 5) is 0. The Morgan fingerprint density at radius 3 is 1.90 bits per heavy atom. The van der Waals surface area contributed by atoms with Gasteiger partial charge in [0.25, 0.3) is 11.6 Å². The summed E-state index contributed by atoms with van der Waals surface area (Å²) in [5.41, 5.74) is -1.72. The van der Waals surface area contributed by atoms with Crippen molar-refractivity contribution in [1.29, 1.82) is 0 Å². The normalized spacial score (nSPS) is 73.0. The molecule has 2 N–H and O–H groups in total. The van der Waals surface area contributed by atoms with Gasteiger partial charge < -0.3 is 10.2 Å². The van der Waals surface area contributed by atoms with E-state index in [0.29, 0.717) is 17.8 Å². The van der Waals surface area contributed by atoms with Gasteiger partial charge >= 0.3 is 7.82 Å². The first kappa shape index (κ1) is 12.5. The first-order valence-electron chi connectivity index (χ1n) is 7.98. The van der Waals surface area contributed by atoms with Gasteiger partial charge in [-0.25, -0.2) is 18.1 Å². The van der Waals surface area contributed by atoms with Crippen molar-refractivity contribution in [2.75, 3.05) is 0 Å². The molecular formula is C14H19O6P. The second-order valence-electron chi connectivity index (χ2n) is 8.35. The number of hydrogen-bond donors (Lipinski definition) is 2. The fourth-order valence-corrected chi connectivity index (χ4v) is 8.65. The van der Waals surface area contributed by atoms with Crippen LogP contribution in [0.2, 0.25) is 0 Å². The molecule has 2 atom stereocenters. The second-order valence-corrected chi connectivity index (χ2v) is 9.80. The highest BCUT2D eigenvalue weighted by atomic mass is 31.2. The van der Waals surface area contributed by atoms with Crippen molar-refractivity contribution in [2.45, 2.75) is 62.1 Å². The number of phosphoric acid groups is 1. The number of phosphoric ester groups is 1.